The SMILES string of the molecule is COC(O)C1CC12CCCCc1ccccc12. The molecule has 1 saturated carbocycles. The molecule has 1 aromatic carbocycles. The number of fused-ring (bicyclic) bond motifs is 2. The van der Waals surface area contributed by atoms with Gasteiger partial charge in [0.25, 0.3) is 0 Å². The highest BCUT2D eigenvalue weighted by molar-refractivity contribution is 5.41. The Labute approximate surface area is 103 Å². The molecule has 1 spiro atoms. The lowest BCUT2D eigenvalue weighted by Gasteiger charge is -2.20. The van der Waals surface area contributed by atoms with Crippen molar-refractivity contribution >= 4 is 0 Å². The molecule has 0 heterocycles. The fourth-order valence-corrected chi connectivity index (χ4v) is 3.58. The van der Waals surface area contributed by atoms with Gasteiger partial charge in [0, 0.05) is 18.4 Å². The number of aliphatic hydroxyl groups excluding tert-OH is 1. The van der Waals surface area contributed by atoms with E-state index in [2.05, 4.69) is 24.3 Å². The van der Waals surface area contributed by atoms with E-state index in [0.29, 0.717) is 5.92 Å². The third kappa shape index (κ3) is 1.71. The predicted molar refractivity (Wildman–Crippen MR) is 66.8 cm³/mol. The van der Waals surface area contributed by atoms with Gasteiger partial charge in [0.2, 0.25) is 0 Å². The summed E-state index contributed by atoms with van der Waals surface area (Å²) in [5.41, 5.74) is 3.16. The zero-order valence-electron chi connectivity index (χ0n) is 10.4. The highest BCUT2D eigenvalue weighted by atomic mass is 16.6. The molecule has 1 aromatic rings. The van der Waals surface area contributed by atoms with E-state index in [1.807, 2.05) is 0 Å². The Morgan fingerprint density at radius 1 is 1.35 bits per heavy atom. The summed E-state index contributed by atoms with van der Waals surface area (Å²) < 4.78 is 5.11. The Morgan fingerprint density at radius 2 is 2.18 bits per heavy atom. The van der Waals surface area contributed by atoms with Gasteiger partial charge in [-0.1, -0.05) is 30.7 Å². The van der Waals surface area contributed by atoms with Crippen molar-refractivity contribution in [2.24, 2.45) is 5.92 Å². The molecule has 2 heteroatoms. The summed E-state index contributed by atoms with van der Waals surface area (Å²) in [6.07, 6.45) is 5.42. The number of aryl methyl sites for hydroxylation is 1. The van der Waals surface area contributed by atoms with Crippen LogP contribution in [0, 0.1) is 5.92 Å². The monoisotopic (exact) mass is 232 g/mol. The third-order valence-electron chi connectivity index (χ3n) is 4.59. The lowest BCUT2D eigenvalue weighted by atomic mass is 9.87. The molecule has 0 radical (unpaired) electrons. The molecule has 0 aliphatic heterocycles. The van der Waals surface area contributed by atoms with E-state index < -0.39 is 6.29 Å². The molecule has 0 aromatic heterocycles. The summed E-state index contributed by atoms with van der Waals surface area (Å²) >= 11 is 0. The molecule has 17 heavy (non-hydrogen) atoms. The van der Waals surface area contributed by atoms with E-state index in [1.165, 1.54) is 36.8 Å². The van der Waals surface area contributed by atoms with Crippen molar-refractivity contribution in [2.75, 3.05) is 7.11 Å². The quantitative estimate of drug-likeness (QED) is 0.794. The zero-order valence-corrected chi connectivity index (χ0v) is 10.4. The van der Waals surface area contributed by atoms with Gasteiger partial charge in [-0.25, -0.2) is 0 Å². The van der Waals surface area contributed by atoms with Crippen LogP contribution >= 0.6 is 0 Å². The molecular weight excluding hydrogens is 212 g/mol. The Balaban J connectivity index is 1.97. The van der Waals surface area contributed by atoms with Gasteiger partial charge in [0.15, 0.2) is 6.29 Å². The van der Waals surface area contributed by atoms with Crippen molar-refractivity contribution in [3.05, 3.63) is 35.4 Å². The van der Waals surface area contributed by atoms with Crippen molar-refractivity contribution in [1.82, 2.24) is 0 Å². The topological polar surface area (TPSA) is 29.5 Å². The molecule has 2 aliphatic carbocycles. The first kappa shape index (κ1) is 11.2. The lowest BCUT2D eigenvalue weighted by molar-refractivity contribution is -0.0933. The maximum absolute atomic E-state index is 9.91. The standard InChI is InChI=1S/C15H20O2/c1-17-14(16)13-10-15(13)9-5-4-7-11-6-2-3-8-12(11)15/h2-3,6,8,13-14,16H,4-5,7,9-10H2,1H3. The molecule has 3 atom stereocenters. The molecule has 0 amide bonds. The predicted octanol–water partition coefficient (Wildman–Crippen LogP) is 2.64. The van der Waals surface area contributed by atoms with E-state index in [-0.39, 0.29) is 5.41 Å². The van der Waals surface area contributed by atoms with Crippen LogP contribution in [0.15, 0.2) is 24.3 Å². The van der Waals surface area contributed by atoms with Crippen LogP contribution in [0.25, 0.3) is 0 Å². The van der Waals surface area contributed by atoms with Gasteiger partial charge in [0.05, 0.1) is 0 Å². The number of aliphatic hydroxyl groups is 1. The first-order chi connectivity index (χ1) is 8.28. The van der Waals surface area contributed by atoms with Crippen molar-refractivity contribution < 1.29 is 9.84 Å². The Morgan fingerprint density at radius 3 is 3.00 bits per heavy atom. The summed E-state index contributed by atoms with van der Waals surface area (Å²) in [4.78, 5) is 0. The van der Waals surface area contributed by atoms with Crippen molar-refractivity contribution in [3.8, 4) is 0 Å². The van der Waals surface area contributed by atoms with Crippen LogP contribution in [0.4, 0.5) is 0 Å². The average molecular weight is 232 g/mol. The minimum atomic E-state index is -0.596. The van der Waals surface area contributed by atoms with Crippen LogP contribution in [0.2, 0.25) is 0 Å². The molecule has 1 fully saturated rings. The maximum Gasteiger partial charge on any atom is 0.157 e. The van der Waals surface area contributed by atoms with E-state index in [0.717, 1.165) is 6.42 Å². The van der Waals surface area contributed by atoms with Gasteiger partial charge in [-0.05, 0) is 36.8 Å². The fraction of sp³-hybridized carbons (Fsp3) is 0.600. The molecule has 0 saturated heterocycles. The van der Waals surface area contributed by atoms with Crippen molar-refractivity contribution in [2.45, 2.75) is 43.8 Å². The Bertz CT molecular complexity index is 415. The summed E-state index contributed by atoms with van der Waals surface area (Å²) in [6, 6.07) is 8.75. The first-order valence-electron chi connectivity index (χ1n) is 6.57. The van der Waals surface area contributed by atoms with Crippen molar-refractivity contribution in [3.63, 3.8) is 0 Å². The molecule has 92 valence electrons. The Kier molecular flexibility index (Phi) is 2.72. The summed E-state index contributed by atoms with van der Waals surface area (Å²) in [5, 5.41) is 9.91. The zero-order chi connectivity index (χ0) is 11.9. The van der Waals surface area contributed by atoms with Gasteiger partial charge in [-0.15, -0.1) is 0 Å². The van der Waals surface area contributed by atoms with Crippen molar-refractivity contribution in [1.29, 1.82) is 0 Å². The number of hydrogen-bond acceptors (Lipinski definition) is 2. The number of benzene rings is 1. The van der Waals surface area contributed by atoms with Crippen LogP contribution in [-0.2, 0) is 16.6 Å². The molecule has 1 N–H and O–H groups in total. The maximum atomic E-state index is 9.91. The fourth-order valence-electron chi connectivity index (χ4n) is 3.58. The number of hydrogen-bond donors (Lipinski definition) is 1. The van der Waals surface area contributed by atoms with Gasteiger partial charge in [0.1, 0.15) is 0 Å². The summed E-state index contributed by atoms with van der Waals surface area (Å²) in [6.45, 7) is 0. The largest absolute Gasteiger partial charge is 0.368 e. The molecule has 0 bridgehead atoms. The third-order valence-corrected chi connectivity index (χ3v) is 4.59. The normalized spacial score (nSPS) is 32.9. The lowest BCUT2D eigenvalue weighted by Crippen LogP contribution is -2.21. The van der Waals surface area contributed by atoms with Gasteiger partial charge in [-0.2, -0.15) is 0 Å². The van der Waals surface area contributed by atoms with Crippen LogP contribution < -0.4 is 0 Å². The number of methoxy groups -OCH3 is 1. The molecular formula is C15H20O2. The van der Waals surface area contributed by atoms with E-state index in [4.69, 9.17) is 4.74 Å². The van der Waals surface area contributed by atoms with Gasteiger partial charge < -0.3 is 9.84 Å². The summed E-state index contributed by atoms with van der Waals surface area (Å²) in [5.74, 6) is 0.298. The number of rotatable bonds is 2. The molecule has 2 aliphatic rings. The highest BCUT2D eigenvalue weighted by Gasteiger charge is 2.59. The van der Waals surface area contributed by atoms with E-state index in [1.54, 1.807) is 7.11 Å². The van der Waals surface area contributed by atoms with Crippen LogP contribution in [0.5, 0.6) is 0 Å². The second kappa shape index (κ2) is 4.11. The van der Waals surface area contributed by atoms with Crippen LogP contribution in [-0.4, -0.2) is 18.5 Å². The first-order valence-corrected chi connectivity index (χ1v) is 6.57. The summed E-state index contributed by atoms with van der Waals surface area (Å²) in [7, 11) is 1.60. The molecule has 3 rings (SSSR count). The van der Waals surface area contributed by atoms with Gasteiger partial charge in [-0.3, -0.25) is 0 Å². The minimum absolute atomic E-state index is 0.211. The molecule has 2 nitrogen and oxygen atoms in total. The van der Waals surface area contributed by atoms with E-state index >= 15 is 0 Å². The van der Waals surface area contributed by atoms with Gasteiger partial charge >= 0.3 is 0 Å². The Hall–Kier alpha value is -0.860. The smallest absolute Gasteiger partial charge is 0.157 e. The minimum Gasteiger partial charge on any atom is -0.368 e. The average Bonchev–Trinajstić information content (AvgIpc) is 3.13. The number of ether oxygens (including phenoxy) is 1. The second-order valence-electron chi connectivity index (χ2n) is 5.46. The highest BCUT2D eigenvalue weighted by Crippen LogP contribution is 2.60. The van der Waals surface area contributed by atoms with Crippen LogP contribution in [0.3, 0.4) is 0 Å². The van der Waals surface area contributed by atoms with E-state index in [9.17, 15) is 5.11 Å². The molecule has 3 unspecified atom stereocenters. The second-order valence-corrected chi connectivity index (χ2v) is 5.46. The van der Waals surface area contributed by atoms with Crippen LogP contribution in [0.1, 0.15) is 36.8 Å².